The molecule has 1 rings (SSSR count). The summed E-state index contributed by atoms with van der Waals surface area (Å²) in [6.45, 7) is 3.50. The third-order valence-electron chi connectivity index (χ3n) is 2.75. The molecule has 1 aliphatic heterocycles. The Kier molecular flexibility index (Phi) is 6.36. The smallest absolute Gasteiger partial charge is 0.307 e. The van der Waals surface area contributed by atoms with Crippen LogP contribution in [-0.4, -0.2) is 39.4 Å². The molecular formula is C11H21NO3. The fourth-order valence-corrected chi connectivity index (χ4v) is 1.78. The molecule has 1 aliphatic rings. The number of esters is 1. The van der Waals surface area contributed by atoms with Crippen LogP contribution in [0.15, 0.2) is 0 Å². The molecule has 0 aromatic rings. The first-order chi connectivity index (χ1) is 7.33. The van der Waals surface area contributed by atoms with Crippen LogP contribution in [0.1, 0.15) is 25.7 Å². The van der Waals surface area contributed by atoms with Gasteiger partial charge in [-0.3, -0.25) is 4.79 Å². The Morgan fingerprint density at radius 3 is 3.00 bits per heavy atom. The molecule has 0 saturated carbocycles. The quantitative estimate of drug-likeness (QED) is 0.529. The maximum Gasteiger partial charge on any atom is 0.307 e. The number of hydrogen-bond donors (Lipinski definition) is 1. The Hall–Kier alpha value is -0.610. The predicted octanol–water partition coefficient (Wildman–Crippen LogP) is 0.956. The molecule has 4 nitrogen and oxygen atoms in total. The molecule has 0 spiro atoms. The van der Waals surface area contributed by atoms with Crippen molar-refractivity contribution in [2.45, 2.75) is 25.7 Å². The zero-order valence-corrected chi connectivity index (χ0v) is 9.46. The van der Waals surface area contributed by atoms with Crippen LogP contribution in [-0.2, 0) is 14.3 Å². The molecule has 88 valence electrons. The van der Waals surface area contributed by atoms with Crippen LogP contribution in [0.2, 0.25) is 0 Å². The highest BCUT2D eigenvalue weighted by molar-refractivity contribution is 5.69. The largest absolute Gasteiger partial charge is 0.469 e. The Labute approximate surface area is 91.3 Å². The fraction of sp³-hybridized carbons (Fsp3) is 0.909. The van der Waals surface area contributed by atoms with E-state index in [4.69, 9.17) is 4.74 Å². The molecule has 0 unspecified atom stereocenters. The minimum Gasteiger partial charge on any atom is -0.469 e. The molecule has 4 heteroatoms. The molecule has 0 amide bonds. The summed E-state index contributed by atoms with van der Waals surface area (Å²) in [4.78, 5) is 10.8. The zero-order chi connectivity index (χ0) is 10.9. The van der Waals surface area contributed by atoms with E-state index in [-0.39, 0.29) is 5.97 Å². The van der Waals surface area contributed by atoms with Crippen molar-refractivity contribution in [3.05, 3.63) is 0 Å². The van der Waals surface area contributed by atoms with Gasteiger partial charge in [-0.25, -0.2) is 0 Å². The van der Waals surface area contributed by atoms with Crippen LogP contribution < -0.4 is 5.32 Å². The van der Waals surface area contributed by atoms with Crippen molar-refractivity contribution < 1.29 is 14.3 Å². The van der Waals surface area contributed by atoms with Crippen LogP contribution in [0, 0.1) is 5.92 Å². The Balaban J connectivity index is 1.89. The molecule has 1 heterocycles. The average molecular weight is 215 g/mol. The van der Waals surface area contributed by atoms with E-state index in [9.17, 15) is 4.79 Å². The van der Waals surface area contributed by atoms with Gasteiger partial charge in [0.1, 0.15) is 0 Å². The molecule has 1 saturated heterocycles. The number of carbonyl (C=O) groups excluding carboxylic acids is 1. The van der Waals surface area contributed by atoms with E-state index in [2.05, 4.69) is 10.1 Å². The standard InChI is InChI=1S/C11H21NO3/c1-14-11(13)5-8-15-7-4-10-3-2-6-12-9-10/h10,12H,2-9H2,1H3/t10-/m0/s1. The van der Waals surface area contributed by atoms with E-state index in [1.165, 1.54) is 20.0 Å². The molecule has 0 aromatic carbocycles. The summed E-state index contributed by atoms with van der Waals surface area (Å²) in [5.74, 6) is 0.547. The Morgan fingerprint density at radius 2 is 2.33 bits per heavy atom. The van der Waals surface area contributed by atoms with E-state index < -0.39 is 0 Å². The molecule has 1 fully saturated rings. The van der Waals surface area contributed by atoms with E-state index in [0.717, 1.165) is 32.0 Å². The molecule has 0 radical (unpaired) electrons. The molecule has 0 aromatic heterocycles. The van der Waals surface area contributed by atoms with E-state index in [0.29, 0.717) is 13.0 Å². The predicted molar refractivity (Wildman–Crippen MR) is 57.7 cm³/mol. The number of carbonyl (C=O) groups is 1. The highest BCUT2D eigenvalue weighted by Crippen LogP contribution is 2.13. The minimum atomic E-state index is -0.200. The molecule has 0 aliphatic carbocycles. The highest BCUT2D eigenvalue weighted by Gasteiger charge is 2.12. The molecule has 0 bridgehead atoms. The third-order valence-corrected chi connectivity index (χ3v) is 2.75. The van der Waals surface area contributed by atoms with Crippen molar-refractivity contribution in [2.24, 2.45) is 5.92 Å². The van der Waals surface area contributed by atoms with Gasteiger partial charge in [0.25, 0.3) is 0 Å². The lowest BCUT2D eigenvalue weighted by molar-refractivity contribution is -0.141. The first-order valence-corrected chi connectivity index (χ1v) is 5.68. The van der Waals surface area contributed by atoms with E-state index in [1.807, 2.05) is 0 Å². The first kappa shape index (κ1) is 12.5. The van der Waals surface area contributed by atoms with Crippen molar-refractivity contribution in [3.63, 3.8) is 0 Å². The van der Waals surface area contributed by atoms with E-state index >= 15 is 0 Å². The second-order valence-corrected chi connectivity index (χ2v) is 3.94. The summed E-state index contributed by atoms with van der Waals surface area (Å²) in [5, 5.41) is 3.37. The van der Waals surface area contributed by atoms with Gasteiger partial charge in [0, 0.05) is 6.61 Å². The monoisotopic (exact) mass is 215 g/mol. The number of ether oxygens (including phenoxy) is 2. The van der Waals surface area contributed by atoms with Crippen molar-refractivity contribution in [3.8, 4) is 0 Å². The average Bonchev–Trinajstić information content (AvgIpc) is 2.29. The zero-order valence-electron chi connectivity index (χ0n) is 9.46. The second kappa shape index (κ2) is 7.65. The van der Waals surface area contributed by atoms with Crippen molar-refractivity contribution >= 4 is 5.97 Å². The number of piperidine rings is 1. The van der Waals surface area contributed by atoms with Gasteiger partial charge < -0.3 is 14.8 Å². The fourth-order valence-electron chi connectivity index (χ4n) is 1.78. The SMILES string of the molecule is COC(=O)CCOCC[C@@H]1CCCNC1. The third kappa shape index (κ3) is 5.74. The van der Waals surface area contributed by atoms with Gasteiger partial charge in [0.2, 0.25) is 0 Å². The summed E-state index contributed by atoms with van der Waals surface area (Å²) in [6, 6.07) is 0. The number of hydrogen-bond acceptors (Lipinski definition) is 4. The maximum atomic E-state index is 10.8. The second-order valence-electron chi connectivity index (χ2n) is 3.94. The number of rotatable bonds is 6. The maximum absolute atomic E-state index is 10.8. The van der Waals surface area contributed by atoms with Crippen LogP contribution in [0.3, 0.4) is 0 Å². The van der Waals surface area contributed by atoms with Gasteiger partial charge in [-0.05, 0) is 38.3 Å². The van der Waals surface area contributed by atoms with Gasteiger partial charge in [-0.1, -0.05) is 0 Å². The molecular weight excluding hydrogens is 194 g/mol. The summed E-state index contributed by atoms with van der Waals surface area (Å²) < 4.78 is 9.90. The van der Waals surface area contributed by atoms with Gasteiger partial charge in [-0.15, -0.1) is 0 Å². The van der Waals surface area contributed by atoms with Crippen LogP contribution in [0.25, 0.3) is 0 Å². The number of nitrogens with one attached hydrogen (secondary N) is 1. The summed E-state index contributed by atoms with van der Waals surface area (Å²) in [5.41, 5.74) is 0. The lowest BCUT2D eigenvalue weighted by Gasteiger charge is -2.22. The number of methoxy groups -OCH3 is 1. The molecule has 15 heavy (non-hydrogen) atoms. The molecule has 1 atom stereocenters. The van der Waals surface area contributed by atoms with Crippen LogP contribution in [0.4, 0.5) is 0 Å². The van der Waals surface area contributed by atoms with Gasteiger partial charge >= 0.3 is 5.97 Å². The Bertz CT molecular complexity index is 179. The van der Waals surface area contributed by atoms with Gasteiger partial charge in [0.15, 0.2) is 0 Å². The van der Waals surface area contributed by atoms with Gasteiger partial charge in [0.05, 0.1) is 20.1 Å². The van der Waals surface area contributed by atoms with Crippen molar-refractivity contribution in [1.29, 1.82) is 0 Å². The minimum absolute atomic E-state index is 0.200. The van der Waals surface area contributed by atoms with E-state index in [1.54, 1.807) is 0 Å². The lowest BCUT2D eigenvalue weighted by Crippen LogP contribution is -2.30. The molecule has 1 N–H and O–H groups in total. The Morgan fingerprint density at radius 1 is 1.47 bits per heavy atom. The summed E-state index contributed by atoms with van der Waals surface area (Å²) >= 11 is 0. The highest BCUT2D eigenvalue weighted by atomic mass is 16.5. The van der Waals surface area contributed by atoms with Crippen molar-refractivity contribution in [2.75, 3.05) is 33.4 Å². The van der Waals surface area contributed by atoms with Crippen LogP contribution >= 0.6 is 0 Å². The normalized spacial score (nSPS) is 21.3. The van der Waals surface area contributed by atoms with Crippen LogP contribution in [0.5, 0.6) is 0 Å². The summed E-state index contributed by atoms with van der Waals surface area (Å²) in [7, 11) is 1.40. The summed E-state index contributed by atoms with van der Waals surface area (Å²) in [6.07, 6.45) is 4.02. The lowest BCUT2D eigenvalue weighted by atomic mass is 9.97. The van der Waals surface area contributed by atoms with Gasteiger partial charge in [-0.2, -0.15) is 0 Å². The topological polar surface area (TPSA) is 47.6 Å². The first-order valence-electron chi connectivity index (χ1n) is 5.68. The van der Waals surface area contributed by atoms with Crippen molar-refractivity contribution in [1.82, 2.24) is 5.32 Å².